The summed E-state index contributed by atoms with van der Waals surface area (Å²) in [6.07, 6.45) is 23.1. The Bertz CT molecular complexity index is 564. The first-order chi connectivity index (χ1) is 17.8. The third kappa shape index (κ3) is 24.2. The number of unbranched alkanes of at least 4 members (excludes halogenated alkanes) is 12. The lowest BCUT2D eigenvalue weighted by atomic mass is 10.1. The van der Waals surface area contributed by atoms with Crippen LogP contribution in [0.5, 0.6) is 0 Å². The quantitative estimate of drug-likeness (QED) is 0.0555. The van der Waals surface area contributed by atoms with Crippen LogP contribution < -0.4 is 0 Å². The predicted octanol–water partition coefficient (Wildman–Crippen LogP) is 7.44. The number of nitrogens with zero attached hydrogens (tertiary/aromatic N) is 1. The zero-order chi connectivity index (χ0) is 27.6. The molecule has 7 heteroatoms. The molecule has 0 bridgehead atoms. The third-order valence-corrected chi connectivity index (χ3v) is 7.21. The maximum atomic E-state index is 11.0. The highest BCUT2D eigenvalue weighted by Gasteiger charge is 2.26. The van der Waals surface area contributed by atoms with Crippen LogP contribution in [-0.2, 0) is 14.4 Å². The van der Waals surface area contributed by atoms with Crippen molar-refractivity contribution in [3.8, 4) is 0 Å². The first kappa shape index (κ1) is 35.1. The molecule has 0 aromatic heterocycles. The number of hydrogen-bond acceptors (Lipinski definition) is 3. The molecule has 7 nitrogen and oxygen atoms in total. The van der Waals surface area contributed by atoms with Gasteiger partial charge in [-0.25, -0.2) is 0 Å². The van der Waals surface area contributed by atoms with Crippen LogP contribution in [0.15, 0.2) is 12.2 Å². The number of rotatable bonds is 28. The summed E-state index contributed by atoms with van der Waals surface area (Å²) in [6, 6.07) is 0. The molecule has 0 aromatic carbocycles. The number of carbonyl (C=O) groups is 3. The molecule has 0 aromatic rings. The van der Waals surface area contributed by atoms with Gasteiger partial charge >= 0.3 is 17.9 Å². The van der Waals surface area contributed by atoms with Crippen LogP contribution in [-0.4, -0.2) is 63.9 Å². The van der Waals surface area contributed by atoms with Gasteiger partial charge in [0.25, 0.3) is 0 Å². The molecular weight excluding hydrogens is 470 g/mol. The fourth-order valence-electron chi connectivity index (χ4n) is 4.99. The largest absolute Gasteiger partial charge is 0.481 e. The summed E-state index contributed by atoms with van der Waals surface area (Å²) in [5.41, 5.74) is 0. The molecule has 216 valence electrons. The van der Waals surface area contributed by atoms with Gasteiger partial charge in [0.2, 0.25) is 0 Å². The van der Waals surface area contributed by atoms with Gasteiger partial charge in [-0.3, -0.25) is 14.4 Å². The summed E-state index contributed by atoms with van der Waals surface area (Å²) in [5, 5.41) is 27.0. The topological polar surface area (TPSA) is 112 Å². The molecule has 0 amide bonds. The SMILES string of the molecule is CCCC/C=C/CCCCCCCCC[N+](CCCCC(=O)O)(CCCCC(=O)O)CCCCC(=O)O. The van der Waals surface area contributed by atoms with E-state index in [1.807, 2.05) is 0 Å². The second-order valence-electron chi connectivity index (χ2n) is 10.7. The van der Waals surface area contributed by atoms with Gasteiger partial charge in [-0.2, -0.15) is 0 Å². The lowest BCUT2D eigenvalue weighted by Crippen LogP contribution is -2.51. The molecule has 0 saturated heterocycles. The molecule has 0 heterocycles. The average molecular weight is 527 g/mol. The van der Waals surface area contributed by atoms with Crippen molar-refractivity contribution in [3.05, 3.63) is 12.2 Å². The maximum absolute atomic E-state index is 11.0. The minimum Gasteiger partial charge on any atom is -0.481 e. The fourth-order valence-corrected chi connectivity index (χ4v) is 4.99. The van der Waals surface area contributed by atoms with E-state index in [1.54, 1.807) is 0 Å². The highest BCUT2D eigenvalue weighted by Crippen LogP contribution is 2.19. The number of hydrogen-bond donors (Lipinski definition) is 3. The molecule has 0 atom stereocenters. The zero-order valence-electron chi connectivity index (χ0n) is 23.6. The van der Waals surface area contributed by atoms with E-state index in [-0.39, 0.29) is 19.3 Å². The Hall–Kier alpha value is -1.89. The highest BCUT2D eigenvalue weighted by atomic mass is 16.4. The van der Waals surface area contributed by atoms with Crippen LogP contribution in [0.3, 0.4) is 0 Å². The maximum Gasteiger partial charge on any atom is 0.303 e. The lowest BCUT2D eigenvalue weighted by Gasteiger charge is -2.39. The van der Waals surface area contributed by atoms with Crippen LogP contribution in [0, 0.1) is 0 Å². The molecule has 0 aliphatic heterocycles. The van der Waals surface area contributed by atoms with Crippen molar-refractivity contribution in [3.63, 3.8) is 0 Å². The molecule has 0 spiro atoms. The Morgan fingerprint density at radius 1 is 0.486 bits per heavy atom. The summed E-state index contributed by atoms with van der Waals surface area (Å²) in [5.74, 6) is -2.31. The van der Waals surface area contributed by atoms with E-state index in [0.717, 1.165) is 56.3 Å². The Morgan fingerprint density at radius 2 is 0.811 bits per heavy atom. The smallest absolute Gasteiger partial charge is 0.303 e. The van der Waals surface area contributed by atoms with Gasteiger partial charge in [-0.15, -0.1) is 0 Å². The van der Waals surface area contributed by atoms with Crippen LogP contribution >= 0.6 is 0 Å². The van der Waals surface area contributed by atoms with Crippen molar-refractivity contribution in [1.82, 2.24) is 0 Å². The van der Waals surface area contributed by atoms with Crippen molar-refractivity contribution in [2.45, 2.75) is 135 Å². The van der Waals surface area contributed by atoms with Crippen LogP contribution in [0.25, 0.3) is 0 Å². The van der Waals surface area contributed by atoms with Gasteiger partial charge in [0.15, 0.2) is 0 Å². The standard InChI is InChI=1S/C30H55NO6/c1-2-3-4-5-6-7-8-9-10-11-12-13-17-24-31(25-18-14-21-28(32)33,26-19-15-22-29(34)35)27-20-16-23-30(36)37/h5-6H,2-4,7-27H2,1H3,(H2-,32,33,34,35,36,37)/p+1/b6-5+. The molecule has 37 heavy (non-hydrogen) atoms. The number of carboxylic acids is 3. The summed E-state index contributed by atoms with van der Waals surface area (Å²) in [4.78, 5) is 32.9. The van der Waals surface area contributed by atoms with Crippen molar-refractivity contribution in [1.29, 1.82) is 0 Å². The number of allylic oxidation sites excluding steroid dienone is 2. The monoisotopic (exact) mass is 526 g/mol. The molecular formula is C30H56NO6+. The van der Waals surface area contributed by atoms with Crippen LogP contribution in [0.1, 0.15) is 135 Å². The van der Waals surface area contributed by atoms with Crippen LogP contribution in [0.4, 0.5) is 0 Å². The van der Waals surface area contributed by atoms with Crippen molar-refractivity contribution in [2.24, 2.45) is 0 Å². The number of carboxylic acid groups (broad SMARTS) is 3. The molecule has 0 fully saturated rings. The number of aliphatic carboxylic acids is 3. The van der Waals surface area contributed by atoms with Gasteiger partial charge in [0.05, 0.1) is 26.2 Å². The van der Waals surface area contributed by atoms with E-state index >= 15 is 0 Å². The lowest BCUT2D eigenvalue weighted by molar-refractivity contribution is -0.929. The molecule has 0 radical (unpaired) electrons. The molecule has 0 rings (SSSR count). The van der Waals surface area contributed by atoms with Gasteiger partial charge < -0.3 is 19.8 Å². The number of quaternary nitrogens is 1. The Morgan fingerprint density at radius 3 is 1.19 bits per heavy atom. The molecule has 0 aliphatic carbocycles. The summed E-state index contributed by atoms with van der Waals surface area (Å²) in [7, 11) is 0. The van der Waals surface area contributed by atoms with Gasteiger partial charge in [0.1, 0.15) is 0 Å². The van der Waals surface area contributed by atoms with Crippen molar-refractivity contribution < 1.29 is 34.2 Å². The van der Waals surface area contributed by atoms with Gasteiger partial charge in [-0.05, 0) is 70.6 Å². The molecule has 0 saturated carbocycles. The first-order valence-electron chi connectivity index (χ1n) is 15.0. The zero-order valence-corrected chi connectivity index (χ0v) is 23.6. The minimum absolute atomic E-state index is 0.173. The summed E-state index contributed by atoms with van der Waals surface area (Å²) >= 11 is 0. The van der Waals surface area contributed by atoms with E-state index in [4.69, 9.17) is 15.3 Å². The Balaban J connectivity index is 4.61. The van der Waals surface area contributed by atoms with Crippen molar-refractivity contribution >= 4 is 17.9 Å². The minimum atomic E-state index is -0.770. The van der Waals surface area contributed by atoms with E-state index in [0.29, 0.717) is 19.3 Å². The van der Waals surface area contributed by atoms with Crippen LogP contribution in [0.2, 0.25) is 0 Å². The van der Waals surface area contributed by atoms with E-state index in [2.05, 4.69) is 19.1 Å². The Labute approximate surface area is 225 Å². The molecule has 0 aliphatic rings. The second kappa shape index (κ2) is 24.4. The average Bonchev–Trinajstić information content (AvgIpc) is 2.84. The fraction of sp³-hybridized carbons (Fsp3) is 0.833. The summed E-state index contributed by atoms with van der Waals surface area (Å²) < 4.78 is 0.864. The van der Waals surface area contributed by atoms with Crippen molar-refractivity contribution in [2.75, 3.05) is 26.2 Å². The van der Waals surface area contributed by atoms with E-state index < -0.39 is 17.9 Å². The third-order valence-electron chi connectivity index (χ3n) is 7.21. The second-order valence-corrected chi connectivity index (χ2v) is 10.7. The molecule has 3 N–H and O–H groups in total. The van der Waals surface area contributed by atoms with Gasteiger partial charge in [-0.1, -0.05) is 57.6 Å². The highest BCUT2D eigenvalue weighted by molar-refractivity contribution is 5.67. The Kier molecular flexibility index (Phi) is 23.2. The van der Waals surface area contributed by atoms with E-state index in [9.17, 15) is 14.4 Å². The normalized spacial score (nSPS) is 11.8. The first-order valence-corrected chi connectivity index (χ1v) is 15.0. The predicted molar refractivity (Wildman–Crippen MR) is 150 cm³/mol. The molecule has 0 unspecified atom stereocenters. The summed E-state index contributed by atoms with van der Waals surface area (Å²) in [6.45, 7) is 5.90. The van der Waals surface area contributed by atoms with E-state index in [1.165, 1.54) is 64.2 Å². The van der Waals surface area contributed by atoms with Gasteiger partial charge in [0, 0.05) is 19.3 Å².